The Hall–Kier alpha value is -3.12. The molecular weight excluding hydrogens is 440 g/mol. The molecule has 1 N–H and O–H groups in total. The van der Waals surface area contributed by atoms with Gasteiger partial charge in [-0.15, -0.1) is 0 Å². The number of fused-ring (bicyclic) bond motifs is 1. The van der Waals surface area contributed by atoms with E-state index in [0.29, 0.717) is 29.9 Å². The molecule has 1 aromatic carbocycles. The van der Waals surface area contributed by atoms with Crippen molar-refractivity contribution in [1.29, 1.82) is 0 Å². The van der Waals surface area contributed by atoms with Gasteiger partial charge < -0.3 is 19.4 Å². The highest BCUT2D eigenvalue weighted by molar-refractivity contribution is 7.90. The van der Waals surface area contributed by atoms with Crippen molar-refractivity contribution in [1.82, 2.24) is 18.8 Å². The maximum absolute atomic E-state index is 13.0. The quantitative estimate of drug-likeness (QED) is 0.638. The number of sulfonamides is 1. The first kappa shape index (κ1) is 20.8. The SMILES string of the molecule is O=C(c1c[nH]c(=O)n(Cc2ccc3c(c2)OCO3)c1=O)N1CCN(S(=O)(=O)C2CC2)CC1. The summed E-state index contributed by atoms with van der Waals surface area (Å²) in [5.41, 5.74) is -0.858. The van der Waals surface area contributed by atoms with Gasteiger partial charge in [-0.05, 0) is 30.5 Å². The van der Waals surface area contributed by atoms with Crippen LogP contribution in [-0.2, 0) is 16.6 Å². The normalized spacial score (nSPS) is 18.7. The zero-order valence-corrected chi connectivity index (χ0v) is 18.0. The molecule has 1 amide bonds. The Morgan fingerprint density at radius 1 is 1.06 bits per heavy atom. The zero-order valence-electron chi connectivity index (χ0n) is 17.2. The van der Waals surface area contributed by atoms with E-state index in [9.17, 15) is 22.8 Å². The van der Waals surface area contributed by atoms with Crippen molar-refractivity contribution in [2.75, 3.05) is 33.0 Å². The first-order valence-corrected chi connectivity index (χ1v) is 11.8. The number of benzene rings is 1. The number of rotatable bonds is 5. The van der Waals surface area contributed by atoms with Gasteiger partial charge in [0.25, 0.3) is 11.5 Å². The molecule has 0 unspecified atom stereocenters. The predicted molar refractivity (Wildman–Crippen MR) is 112 cm³/mol. The average molecular weight is 462 g/mol. The van der Waals surface area contributed by atoms with Crippen LogP contribution in [0.1, 0.15) is 28.8 Å². The highest BCUT2D eigenvalue weighted by Gasteiger charge is 2.41. The van der Waals surface area contributed by atoms with E-state index in [1.54, 1.807) is 18.2 Å². The lowest BCUT2D eigenvalue weighted by Gasteiger charge is -2.34. The Bertz CT molecular complexity index is 1290. The fourth-order valence-corrected chi connectivity index (χ4v) is 5.75. The van der Waals surface area contributed by atoms with Crippen LogP contribution in [-0.4, -0.2) is 71.3 Å². The highest BCUT2D eigenvalue weighted by atomic mass is 32.2. The van der Waals surface area contributed by atoms with Gasteiger partial charge >= 0.3 is 5.69 Å². The number of aromatic nitrogens is 2. The third-order valence-corrected chi connectivity index (χ3v) is 8.30. The number of H-pyrrole nitrogens is 1. The molecule has 1 saturated carbocycles. The molecule has 3 heterocycles. The maximum Gasteiger partial charge on any atom is 0.328 e. The Kier molecular flexibility index (Phi) is 5.05. The molecule has 0 bridgehead atoms. The lowest BCUT2D eigenvalue weighted by Crippen LogP contribution is -2.52. The number of hydrogen-bond acceptors (Lipinski definition) is 7. The summed E-state index contributed by atoms with van der Waals surface area (Å²) in [5, 5.41) is -0.299. The summed E-state index contributed by atoms with van der Waals surface area (Å²) in [6.07, 6.45) is 2.49. The summed E-state index contributed by atoms with van der Waals surface area (Å²) in [6, 6.07) is 5.09. The van der Waals surface area contributed by atoms with Crippen LogP contribution < -0.4 is 20.7 Å². The van der Waals surface area contributed by atoms with Gasteiger partial charge in [0, 0.05) is 32.4 Å². The molecule has 1 aliphatic carbocycles. The number of amides is 1. The fraction of sp³-hybridized carbons (Fsp3) is 0.450. The molecule has 170 valence electrons. The van der Waals surface area contributed by atoms with E-state index < -0.39 is 27.2 Å². The fourth-order valence-electron chi connectivity index (χ4n) is 3.92. The van der Waals surface area contributed by atoms with Gasteiger partial charge in [0.15, 0.2) is 11.5 Å². The molecule has 32 heavy (non-hydrogen) atoms. The van der Waals surface area contributed by atoms with E-state index in [4.69, 9.17) is 9.47 Å². The Labute approximate surface area is 183 Å². The molecule has 2 aromatic rings. The van der Waals surface area contributed by atoms with E-state index in [2.05, 4.69) is 4.98 Å². The predicted octanol–water partition coefficient (Wildman–Crippen LogP) is -0.436. The van der Waals surface area contributed by atoms with E-state index in [1.165, 1.54) is 9.21 Å². The van der Waals surface area contributed by atoms with Crippen molar-refractivity contribution < 1.29 is 22.7 Å². The van der Waals surface area contributed by atoms with Gasteiger partial charge in [-0.2, -0.15) is 4.31 Å². The second kappa shape index (κ2) is 7.78. The number of piperazine rings is 1. The molecule has 0 radical (unpaired) electrons. The number of nitrogens with zero attached hydrogens (tertiary/aromatic N) is 3. The summed E-state index contributed by atoms with van der Waals surface area (Å²) < 4.78 is 37.7. The molecule has 2 aliphatic heterocycles. The molecule has 12 heteroatoms. The van der Waals surface area contributed by atoms with Crippen molar-refractivity contribution in [3.8, 4) is 11.5 Å². The number of ether oxygens (including phenoxy) is 2. The van der Waals surface area contributed by atoms with Gasteiger partial charge in [-0.1, -0.05) is 6.07 Å². The maximum atomic E-state index is 13.0. The molecule has 1 aromatic heterocycles. The van der Waals surface area contributed by atoms with Crippen LogP contribution in [0.2, 0.25) is 0 Å². The molecule has 0 spiro atoms. The Morgan fingerprint density at radius 2 is 1.78 bits per heavy atom. The van der Waals surface area contributed by atoms with Gasteiger partial charge in [-0.25, -0.2) is 13.2 Å². The van der Waals surface area contributed by atoms with Crippen LogP contribution in [0.25, 0.3) is 0 Å². The molecule has 11 nitrogen and oxygen atoms in total. The van der Waals surface area contributed by atoms with E-state index >= 15 is 0 Å². The largest absolute Gasteiger partial charge is 0.454 e. The topological polar surface area (TPSA) is 131 Å². The van der Waals surface area contributed by atoms with Gasteiger partial charge in [0.1, 0.15) is 5.56 Å². The molecule has 5 rings (SSSR count). The van der Waals surface area contributed by atoms with Crippen LogP contribution in [0, 0.1) is 0 Å². The number of nitrogens with one attached hydrogen (secondary N) is 1. The van der Waals surface area contributed by atoms with Crippen LogP contribution in [0.15, 0.2) is 34.0 Å². The standard InChI is InChI=1S/C20H22N4O7S/c25-18(22-5-7-23(8-6-22)32(28,29)14-2-3-14)15-10-21-20(27)24(19(15)26)11-13-1-4-16-17(9-13)31-12-30-16/h1,4,9-10,14H,2-3,5-8,11-12H2,(H,21,27). The summed E-state index contributed by atoms with van der Waals surface area (Å²) in [7, 11) is -3.30. The minimum absolute atomic E-state index is 0.0423. The van der Waals surface area contributed by atoms with Crippen molar-refractivity contribution in [3.05, 3.63) is 56.4 Å². The molecule has 2 fully saturated rings. The zero-order chi connectivity index (χ0) is 22.5. The monoisotopic (exact) mass is 462 g/mol. The first-order valence-electron chi connectivity index (χ1n) is 10.3. The van der Waals surface area contributed by atoms with Crippen LogP contribution >= 0.6 is 0 Å². The molecule has 3 aliphatic rings. The molecular formula is C20H22N4O7S. The van der Waals surface area contributed by atoms with Crippen molar-refractivity contribution >= 4 is 15.9 Å². The number of carbonyl (C=O) groups is 1. The summed E-state index contributed by atoms with van der Waals surface area (Å²) >= 11 is 0. The Balaban J connectivity index is 1.34. The van der Waals surface area contributed by atoms with Gasteiger partial charge in [0.2, 0.25) is 16.8 Å². The van der Waals surface area contributed by atoms with Crippen molar-refractivity contribution in [2.45, 2.75) is 24.6 Å². The number of hydrogen-bond donors (Lipinski definition) is 1. The lowest BCUT2D eigenvalue weighted by atomic mass is 10.2. The van der Waals surface area contributed by atoms with Crippen LogP contribution in [0.3, 0.4) is 0 Å². The molecule has 0 atom stereocenters. The second-order valence-electron chi connectivity index (χ2n) is 8.02. The minimum atomic E-state index is -3.30. The Morgan fingerprint density at radius 3 is 2.50 bits per heavy atom. The van der Waals surface area contributed by atoms with Gasteiger partial charge in [-0.3, -0.25) is 14.2 Å². The van der Waals surface area contributed by atoms with Gasteiger partial charge in [0.05, 0.1) is 11.8 Å². The molecule has 1 saturated heterocycles. The second-order valence-corrected chi connectivity index (χ2v) is 10.2. The minimum Gasteiger partial charge on any atom is -0.454 e. The lowest BCUT2D eigenvalue weighted by molar-refractivity contribution is 0.0694. The third-order valence-electron chi connectivity index (χ3n) is 5.90. The third kappa shape index (κ3) is 3.69. The van der Waals surface area contributed by atoms with Crippen molar-refractivity contribution in [3.63, 3.8) is 0 Å². The van der Waals surface area contributed by atoms with E-state index in [-0.39, 0.29) is 50.3 Å². The van der Waals surface area contributed by atoms with Crippen LogP contribution in [0.5, 0.6) is 11.5 Å². The van der Waals surface area contributed by atoms with E-state index in [0.717, 1.165) is 10.8 Å². The van der Waals surface area contributed by atoms with Crippen molar-refractivity contribution in [2.24, 2.45) is 0 Å². The first-order chi connectivity index (χ1) is 15.3. The van der Waals surface area contributed by atoms with E-state index in [1.807, 2.05) is 0 Å². The number of aromatic amines is 1. The summed E-state index contributed by atoms with van der Waals surface area (Å²) in [6.45, 7) is 0.827. The van der Waals surface area contributed by atoms with Crippen LogP contribution in [0.4, 0.5) is 0 Å². The number of carbonyl (C=O) groups excluding carboxylic acids is 1. The summed E-state index contributed by atoms with van der Waals surface area (Å²) in [5.74, 6) is 0.578. The summed E-state index contributed by atoms with van der Waals surface area (Å²) in [4.78, 5) is 42.1. The highest BCUT2D eigenvalue weighted by Crippen LogP contribution is 2.33. The smallest absolute Gasteiger partial charge is 0.328 e. The average Bonchev–Trinajstić information content (AvgIpc) is 3.55.